The highest BCUT2D eigenvalue weighted by atomic mass is 16.3. The van der Waals surface area contributed by atoms with Crippen molar-refractivity contribution in [1.82, 2.24) is 5.32 Å². The van der Waals surface area contributed by atoms with E-state index in [2.05, 4.69) is 5.32 Å². The maximum Gasteiger partial charge on any atom is 0.220 e. The second-order valence-corrected chi connectivity index (χ2v) is 3.85. The summed E-state index contributed by atoms with van der Waals surface area (Å²) in [4.78, 5) is 11.4. The Labute approximate surface area is 95.5 Å². The summed E-state index contributed by atoms with van der Waals surface area (Å²) in [5, 5.41) is 11.5. The van der Waals surface area contributed by atoms with E-state index in [1.165, 1.54) is 0 Å². The van der Waals surface area contributed by atoms with Crippen LogP contribution in [0.25, 0.3) is 0 Å². The molecule has 0 aliphatic heterocycles. The van der Waals surface area contributed by atoms with Gasteiger partial charge in [0.25, 0.3) is 0 Å². The van der Waals surface area contributed by atoms with Crippen LogP contribution in [0.1, 0.15) is 18.9 Å². The van der Waals surface area contributed by atoms with E-state index in [0.29, 0.717) is 18.5 Å². The number of anilines is 1. The predicted octanol–water partition coefficient (Wildman–Crippen LogP) is 0.698. The number of hydrogen-bond acceptors (Lipinski definition) is 3. The molecule has 0 aliphatic carbocycles. The van der Waals surface area contributed by atoms with E-state index < -0.39 is 0 Å². The first-order valence-electron chi connectivity index (χ1n) is 5.37. The van der Waals surface area contributed by atoms with Gasteiger partial charge in [-0.15, -0.1) is 0 Å². The SMILES string of the molecule is CC(CO)NC(=O)CCc1ccccc1N. The van der Waals surface area contributed by atoms with Crippen molar-refractivity contribution in [2.24, 2.45) is 0 Å². The quantitative estimate of drug-likeness (QED) is 0.642. The molecule has 0 aromatic heterocycles. The number of para-hydroxylation sites is 1. The van der Waals surface area contributed by atoms with Gasteiger partial charge in [0, 0.05) is 18.2 Å². The van der Waals surface area contributed by atoms with Crippen LogP contribution < -0.4 is 11.1 Å². The van der Waals surface area contributed by atoms with Crippen molar-refractivity contribution in [3.05, 3.63) is 29.8 Å². The molecule has 0 saturated heterocycles. The third kappa shape index (κ3) is 3.90. The molecule has 1 aromatic rings. The molecule has 4 N–H and O–H groups in total. The second-order valence-electron chi connectivity index (χ2n) is 3.85. The molecule has 1 amide bonds. The molecule has 0 fully saturated rings. The van der Waals surface area contributed by atoms with E-state index in [1.54, 1.807) is 6.92 Å². The predicted molar refractivity (Wildman–Crippen MR) is 63.9 cm³/mol. The molecular formula is C12H18N2O2. The van der Waals surface area contributed by atoms with Gasteiger partial charge in [-0.2, -0.15) is 0 Å². The summed E-state index contributed by atoms with van der Waals surface area (Å²) in [7, 11) is 0. The van der Waals surface area contributed by atoms with Crippen LogP contribution in [0.2, 0.25) is 0 Å². The number of carbonyl (C=O) groups excluding carboxylic acids is 1. The summed E-state index contributed by atoms with van der Waals surface area (Å²) in [6, 6.07) is 7.31. The molecule has 0 saturated carbocycles. The van der Waals surface area contributed by atoms with Gasteiger partial charge in [0.2, 0.25) is 5.91 Å². The number of hydrogen-bond donors (Lipinski definition) is 3. The molecule has 0 radical (unpaired) electrons. The lowest BCUT2D eigenvalue weighted by molar-refractivity contribution is -0.121. The lowest BCUT2D eigenvalue weighted by Gasteiger charge is -2.11. The minimum absolute atomic E-state index is 0.0424. The highest BCUT2D eigenvalue weighted by Gasteiger charge is 2.07. The number of rotatable bonds is 5. The van der Waals surface area contributed by atoms with Crippen LogP contribution in [0, 0.1) is 0 Å². The third-order valence-electron chi connectivity index (χ3n) is 2.36. The maximum atomic E-state index is 11.4. The lowest BCUT2D eigenvalue weighted by Crippen LogP contribution is -2.35. The Kier molecular flexibility index (Phi) is 4.79. The van der Waals surface area contributed by atoms with Crippen molar-refractivity contribution in [2.75, 3.05) is 12.3 Å². The van der Waals surface area contributed by atoms with Crippen LogP contribution in [0.15, 0.2) is 24.3 Å². The van der Waals surface area contributed by atoms with Gasteiger partial charge in [0.15, 0.2) is 0 Å². The fourth-order valence-corrected chi connectivity index (χ4v) is 1.40. The number of aryl methyl sites for hydroxylation is 1. The maximum absolute atomic E-state index is 11.4. The number of nitrogens with two attached hydrogens (primary N) is 1. The normalized spacial score (nSPS) is 12.1. The zero-order chi connectivity index (χ0) is 12.0. The number of aliphatic hydroxyl groups is 1. The Balaban J connectivity index is 2.40. The number of benzene rings is 1. The van der Waals surface area contributed by atoms with Crippen LogP contribution in [0.4, 0.5) is 5.69 Å². The Morgan fingerprint density at radius 1 is 1.50 bits per heavy atom. The molecule has 0 heterocycles. The molecule has 1 atom stereocenters. The number of nitrogens with one attached hydrogen (secondary N) is 1. The van der Waals surface area contributed by atoms with Gasteiger partial charge in [0.05, 0.1) is 6.61 Å². The summed E-state index contributed by atoms with van der Waals surface area (Å²) >= 11 is 0. The standard InChI is InChI=1S/C12H18N2O2/c1-9(8-15)14-12(16)7-6-10-4-2-3-5-11(10)13/h2-5,9,15H,6-8,13H2,1H3,(H,14,16). The number of aliphatic hydroxyl groups excluding tert-OH is 1. The van der Waals surface area contributed by atoms with Gasteiger partial charge in [-0.1, -0.05) is 18.2 Å². The van der Waals surface area contributed by atoms with Gasteiger partial charge >= 0.3 is 0 Å². The van der Waals surface area contributed by atoms with Crippen LogP contribution in [-0.2, 0) is 11.2 Å². The molecule has 1 rings (SSSR count). The number of carbonyl (C=O) groups is 1. The van der Waals surface area contributed by atoms with Crippen molar-refractivity contribution >= 4 is 11.6 Å². The van der Waals surface area contributed by atoms with Crippen LogP contribution >= 0.6 is 0 Å². The summed E-state index contributed by atoms with van der Waals surface area (Å²) in [5.41, 5.74) is 7.46. The lowest BCUT2D eigenvalue weighted by atomic mass is 10.1. The van der Waals surface area contributed by atoms with E-state index in [4.69, 9.17) is 10.8 Å². The highest BCUT2D eigenvalue weighted by Crippen LogP contribution is 2.12. The highest BCUT2D eigenvalue weighted by molar-refractivity contribution is 5.76. The average molecular weight is 222 g/mol. The molecule has 4 nitrogen and oxygen atoms in total. The number of nitrogen functional groups attached to an aromatic ring is 1. The van der Waals surface area contributed by atoms with Crippen molar-refractivity contribution in [1.29, 1.82) is 0 Å². The molecule has 1 unspecified atom stereocenters. The van der Waals surface area contributed by atoms with Crippen molar-refractivity contribution < 1.29 is 9.90 Å². The Hall–Kier alpha value is -1.55. The molecule has 88 valence electrons. The topological polar surface area (TPSA) is 75.3 Å². The first-order chi connectivity index (χ1) is 7.63. The van der Waals surface area contributed by atoms with Crippen molar-refractivity contribution in [3.63, 3.8) is 0 Å². The molecular weight excluding hydrogens is 204 g/mol. The first kappa shape index (κ1) is 12.5. The van der Waals surface area contributed by atoms with Gasteiger partial charge in [-0.3, -0.25) is 4.79 Å². The fraction of sp³-hybridized carbons (Fsp3) is 0.417. The second kappa shape index (κ2) is 6.12. The summed E-state index contributed by atoms with van der Waals surface area (Å²) < 4.78 is 0. The van der Waals surface area contributed by atoms with E-state index in [1.807, 2.05) is 24.3 Å². The smallest absolute Gasteiger partial charge is 0.220 e. The van der Waals surface area contributed by atoms with Crippen molar-refractivity contribution in [3.8, 4) is 0 Å². The largest absolute Gasteiger partial charge is 0.399 e. The van der Waals surface area contributed by atoms with Gasteiger partial charge in [-0.25, -0.2) is 0 Å². The fourth-order valence-electron chi connectivity index (χ4n) is 1.40. The van der Waals surface area contributed by atoms with E-state index in [0.717, 1.165) is 5.56 Å². The van der Waals surface area contributed by atoms with E-state index in [-0.39, 0.29) is 18.6 Å². The summed E-state index contributed by atoms with van der Waals surface area (Å²) in [6.45, 7) is 1.72. The van der Waals surface area contributed by atoms with Crippen LogP contribution in [0.3, 0.4) is 0 Å². The molecule has 0 aliphatic rings. The molecule has 16 heavy (non-hydrogen) atoms. The average Bonchev–Trinajstić information content (AvgIpc) is 2.28. The molecule has 0 bridgehead atoms. The van der Waals surface area contributed by atoms with Crippen LogP contribution in [-0.4, -0.2) is 23.7 Å². The van der Waals surface area contributed by atoms with Gasteiger partial charge in [-0.05, 0) is 25.0 Å². The molecule has 0 spiro atoms. The van der Waals surface area contributed by atoms with Crippen LogP contribution in [0.5, 0.6) is 0 Å². The summed E-state index contributed by atoms with van der Waals surface area (Å²) in [5.74, 6) is -0.0650. The minimum atomic E-state index is -0.194. The van der Waals surface area contributed by atoms with E-state index in [9.17, 15) is 4.79 Å². The molecule has 4 heteroatoms. The monoisotopic (exact) mass is 222 g/mol. The Morgan fingerprint density at radius 3 is 2.81 bits per heavy atom. The molecule has 1 aromatic carbocycles. The third-order valence-corrected chi connectivity index (χ3v) is 2.36. The van der Waals surface area contributed by atoms with Crippen molar-refractivity contribution in [2.45, 2.75) is 25.8 Å². The van der Waals surface area contributed by atoms with E-state index >= 15 is 0 Å². The minimum Gasteiger partial charge on any atom is -0.399 e. The first-order valence-corrected chi connectivity index (χ1v) is 5.37. The Bertz CT molecular complexity index is 353. The van der Waals surface area contributed by atoms with Gasteiger partial charge < -0.3 is 16.2 Å². The number of amides is 1. The summed E-state index contributed by atoms with van der Waals surface area (Å²) in [6.07, 6.45) is 1.01. The van der Waals surface area contributed by atoms with Gasteiger partial charge in [0.1, 0.15) is 0 Å². The Morgan fingerprint density at radius 2 is 2.19 bits per heavy atom. The zero-order valence-corrected chi connectivity index (χ0v) is 9.44. The zero-order valence-electron chi connectivity index (χ0n) is 9.44.